The first-order valence-electron chi connectivity index (χ1n) is 12.6. The Morgan fingerprint density at radius 2 is 1.73 bits per heavy atom. The predicted octanol–water partition coefficient (Wildman–Crippen LogP) is 5.69. The molecule has 1 heterocycles. The Labute approximate surface area is 242 Å². The molecule has 2 aromatic carbocycles. The van der Waals surface area contributed by atoms with Gasteiger partial charge in [0.2, 0.25) is 10.0 Å². The number of hydrogen-bond donors (Lipinski definition) is 2. The number of carbonyl (C=O) groups is 1. The molecule has 0 saturated carbocycles. The van der Waals surface area contributed by atoms with Crippen molar-refractivity contribution < 1.29 is 32.2 Å². The largest absolute Gasteiger partial charge is 0.465 e. The molecule has 40 heavy (non-hydrogen) atoms. The lowest BCUT2D eigenvalue weighted by molar-refractivity contribution is 0.000505. The van der Waals surface area contributed by atoms with E-state index in [1.165, 1.54) is 29.2 Å². The van der Waals surface area contributed by atoms with E-state index in [2.05, 4.69) is 4.98 Å². The average molecular weight is 616 g/mol. The Kier molecular flexibility index (Phi) is 10.2. The number of hydrogen-bond acceptors (Lipinski definition) is 7. The Morgan fingerprint density at radius 3 is 2.25 bits per heavy atom. The number of benzene rings is 2. The Hall–Kier alpha value is -2.32. The third-order valence-electron chi connectivity index (χ3n) is 6.18. The van der Waals surface area contributed by atoms with Crippen molar-refractivity contribution in [3.8, 4) is 0 Å². The molecular weight excluding hydrogens is 581 g/mol. The molecule has 0 spiro atoms. The normalized spacial score (nSPS) is 14.2. The van der Waals surface area contributed by atoms with Crippen LogP contribution in [0.5, 0.6) is 0 Å². The Bertz CT molecular complexity index is 1440. The van der Waals surface area contributed by atoms with Crippen LogP contribution in [0.1, 0.15) is 40.2 Å². The van der Waals surface area contributed by atoms with E-state index in [-0.39, 0.29) is 29.3 Å². The molecule has 0 saturated heterocycles. The van der Waals surface area contributed by atoms with Crippen LogP contribution < -0.4 is 0 Å². The van der Waals surface area contributed by atoms with Crippen LogP contribution in [0.15, 0.2) is 45.6 Å². The quantitative estimate of drug-likeness (QED) is 0.267. The first kappa shape index (κ1) is 32.2. The zero-order valence-corrected chi connectivity index (χ0v) is 25.7. The van der Waals surface area contributed by atoms with Crippen LogP contribution in [-0.2, 0) is 16.4 Å². The lowest BCUT2D eigenvalue weighted by Crippen LogP contribution is -2.58. The third kappa shape index (κ3) is 7.69. The third-order valence-corrected chi connectivity index (χ3v) is 10.0. The smallest absolute Gasteiger partial charge is 0.408 e. The van der Waals surface area contributed by atoms with E-state index in [1.807, 2.05) is 20.1 Å². The van der Waals surface area contributed by atoms with E-state index < -0.39 is 52.0 Å². The Morgan fingerprint density at radius 1 is 1.10 bits per heavy atom. The Balaban J connectivity index is 2.03. The number of carboxylic acid groups (broad SMARTS) is 1. The van der Waals surface area contributed by atoms with E-state index in [1.54, 1.807) is 32.9 Å². The first-order valence-corrected chi connectivity index (χ1v) is 16.1. The summed E-state index contributed by atoms with van der Waals surface area (Å²) < 4.78 is 58.3. The highest BCUT2D eigenvalue weighted by Crippen LogP contribution is 2.31. The van der Waals surface area contributed by atoms with Crippen molar-refractivity contribution in [1.82, 2.24) is 14.2 Å². The summed E-state index contributed by atoms with van der Waals surface area (Å²) in [5.41, 5.74) is -0.207. The van der Waals surface area contributed by atoms with Gasteiger partial charge in [-0.1, -0.05) is 25.6 Å². The number of fused-ring (bicyclic) bond motifs is 1. The molecule has 0 aliphatic carbocycles. The minimum atomic E-state index is -4.12. The van der Waals surface area contributed by atoms with Gasteiger partial charge in [-0.05, 0) is 75.3 Å². The number of thioether (sulfide) groups is 1. The van der Waals surface area contributed by atoms with Gasteiger partial charge in [-0.3, -0.25) is 4.90 Å². The van der Waals surface area contributed by atoms with Crippen LogP contribution in [0.3, 0.4) is 0 Å². The van der Waals surface area contributed by atoms with Gasteiger partial charge in [0, 0.05) is 24.7 Å². The fourth-order valence-corrected chi connectivity index (χ4v) is 7.84. The van der Waals surface area contributed by atoms with Crippen LogP contribution in [0.4, 0.5) is 13.6 Å². The molecule has 0 bridgehead atoms. The summed E-state index contributed by atoms with van der Waals surface area (Å²) in [4.78, 5) is 17.9. The number of aliphatic hydroxyl groups is 1. The van der Waals surface area contributed by atoms with Crippen LogP contribution in [-0.4, -0.2) is 75.9 Å². The number of nitrogens with zero attached hydrogens (tertiary/aromatic N) is 3. The molecule has 0 aliphatic heterocycles. The number of amides is 1. The lowest BCUT2D eigenvalue weighted by Gasteiger charge is -2.42. The highest BCUT2D eigenvalue weighted by atomic mass is 32.2. The lowest BCUT2D eigenvalue weighted by atomic mass is 9.94. The fraction of sp³-hybridized carbons (Fsp3) is 0.481. The molecule has 8 nitrogen and oxygen atoms in total. The minimum Gasteiger partial charge on any atom is -0.465 e. The molecule has 0 radical (unpaired) electrons. The second kappa shape index (κ2) is 12.7. The summed E-state index contributed by atoms with van der Waals surface area (Å²) in [5.74, 6) is -1.80. The van der Waals surface area contributed by atoms with Crippen LogP contribution in [0, 0.1) is 17.6 Å². The maximum absolute atomic E-state index is 14.0. The predicted molar refractivity (Wildman–Crippen MR) is 154 cm³/mol. The maximum Gasteiger partial charge on any atom is 0.408 e. The van der Waals surface area contributed by atoms with Gasteiger partial charge < -0.3 is 10.2 Å². The highest BCUT2D eigenvalue weighted by Gasteiger charge is 2.39. The molecule has 1 aromatic heterocycles. The van der Waals surface area contributed by atoms with Crippen molar-refractivity contribution in [1.29, 1.82) is 0 Å². The number of rotatable bonds is 11. The van der Waals surface area contributed by atoms with Crippen LogP contribution in [0.2, 0.25) is 0 Å². The SMILES string of the molecule is CSc1nc2ccc(S(=O)(=O)N(CC(C)C)C[C@@H](O)[C@H](Cc3cc(F)cc(F)c3)N(C(=O)O)C(C)(C)C)cc2s1. The molecule has 2 N–H and O–H groups in total. The number of halogens is 2. The standard InChI is InChI=1S/C27H35F2N3O5S3/c1-16(2)14-31(40(36,37)20-7-8-21-24(13-20)39-25(30-21)38-6)15-23(33)22(32(26(34)35)27(3,4)5)11-17-9-18(28)12-19(29)10-17/h7-10,12-13,16,22-23,33H,11,14-15H2,1-6H3,(H,34,35)/t22-,23+/m0/s1. The summed E-state index contributed by atoms with van der Waals surface area (Å²) in [5, 5.41) is 21.6. The van der Waals surface area contributed by atoms with Gasteiger partial charge in [0.25, 0.3) is 0 Å². The van der Waals surface area contributed by atoms with Gasteiger partial charge in [-0.25, -0.2) is 27.0 Å². The molecule has 13 heteroatoms. The zero-order chi connectivity index (χ0) is 30.0. The number of aliphatic hydroxyl groups excluding tert-OH is 1. The van der Waals surface area contributed by atoms with Crippen molar-refractivity contribution in [2.45, 2.75) is 68.0 Å². The second-order valence-electron chi connectivity index (χ2n) is 11.0. The van der Waals surface area contributed by atoms with Crippen molar-refractivity contribution in [2.24, 2.45) is 5.92 Å². The van der Waals surface area contributed by atoms with Gasteiger partial charge in [-0.15, -0.1) is 11.3 Å². The van der Waals surface area contributed by atoms with Crippen LogP contribution >= 0.6 is 23.1 Å². The number of thiazole rings is 1. The van der Waals surface area contributed by atoms with Crippen LogP contribution in [0.25, 0.3) is 10.2 Å². The first-order chi connectivity index (χ1) is 18.5. The average Bonchev–Trinajstić information content (AvgIpc) is 3.23. The molecule has 3 rings (SSSR count). The van der Waals surface area contributed by atoms with E-state index >= 15 is 0 Å². The number of sulfonamides is 1. The molecular formula is C27H35F2N3O5S3. The summed E-state index contributed by atoms with van der Waals surface area (Å²) in [6, 6.07) is 6.28. The molecule has 220 valence electrons. The highest BCUT2D eigenvalue weighted by molar-refractivity contribution is 8.00. The number of aromatic nitrogens is 1. The van der Waals surface area contributed by atoms with Gasteiger partial charge in [0.15, 0.2) is 4.34 Å². The molecule has 1 amide bonds. The summed E-state index contributed by atoms with van der Waals surface area (Å²) >= 11 is 2.83. The van der Waals surface area contributed by atoms with E-state index in [4.69, 9.17) is 0 Å². The summed E-state index contributed by atoms with van der Waals surface area (Å²) in [7, 11) is -4.12. The summed E-state index contributed by atoms with van der Waals surface area (Å²) in [6.07, 6.45) is -1.23. The van der Waals surface area contributed by atoms with E-state index in [0.717, 1.165) is 25.7 Å². The molecule has 3 aromatic rings. The fourth-order valence-electron chi connectivity index (χ4n) is 4.58. The monoisotopic (exact) mass is 615 g/mol. The zero-order valence-electron chi connectivity index (χ0n) is 23.3. The van der Waals surface area contributed by atoms with Gasteiger partial charge in [0.1, 0.15) is 11.6 Å². The van der Waals surface area contributed by atoms with Crippen molar-refractivity contribution in [3.63, 3.8) is 0 Å². The van der Waals surface area contributed by atoms with E-state index in [9.17, 15) is 32.2 Å². The van der Waals surface area contributed by atoms with Crippen molar-refractivity contribution >= 4 is 49.4 Å². The molecule has 0 unspecified atom stereocenters. The minimum absolute atomic E-state index is 0.0267. The van der Waals surface area contributed by atoms with Gasteiger partial charge in [0.05, 0.1) is 27.3 Å². The van der Waals surface area contributed by atoms with Crippen molar-refractivity contribution in [2.75, 3.05) is 19.3 Å². The topological polar surface area (TPSA) is 111 Å². The summed E-state index contributed by atoms with van der Waals surface area (Å²) in [6.45, 7) is 8.17. The van der Waals surface area contributed by atoms with E-state index in [0.29, 0.717) is 16.3 Å². The van der Waals surface area contributed by atoms with Gasteiger partial charge in [-0.2, -0.15) is 4.31 Å². The maximum atomic E-state index is 14.0. The molecule has 2 atom stereocenters. The molecule has 0 aliphatic rings. The van der Waals surface area contributed by atoms with Gasteiger partial charge >= 0.3 is 6.09 Å². The molecule has 0 fully saturated rings. The second-order valence-corrected chi connectivity index (χ2v) is 15.0. The van der Waals surface area contributed by atoms with Crippen molar-refractivity contribution in [3.05, 3.63) is 53.6 Å².